The van der Waals surface area contributed by atoms with Crippen molar-refractivity contribution < 1.29 is 14.3 Å². The van der Waals surface area contributed by atoms with Crippen LogP contribution in [0.5, 0.6) is 0 Å². The molecule has 1 aliphatic rings. The molecule has 20 heavy (non-hydrogen) atoms. The molecule has 0 bridgehead atoms. The van der Waals surface area contributed by atoms with Crippen molar-refractivity contribution in [3.63, 3.8) is 0 Å². The van der Waals surface area contributed by atoms with E-state index in [1.807, 2.05) is 37.3 Å². The van der Waals surface area contributed by atoms with Gasteiger partial charge in [0.05, 0.1) is 5.37 Å². The Morgan fingerprint density at radius 2 is 2.15 bits per heavy atom. The Labute approximate surface area is 122 Å². The standard InChI is InChI=1S/C14H18N2O3S/c1-11-16(7-8-20-11)13(17)9-15-14(18)19-10-12-5-3-2-4-6-12/h2-6,11H,7-10H2,1H3,(H,15,18). The third-order valence-corrected chi connectivity index (χ3v) is 4.20. The largest absolute Gasteiger partial charge is 0.445 e. The number of hydrogen-bond acceptors (Lipinski definition) is 4. The number of carbonyl (C=O) groups excluding carboxylic acids is 2. The number of alkyl carbamates (subject to hydrolysis) is 1. The summed E-state index contributed by atoms with van der Waals surface area (Å²) in [4.78, 5) is 25.2. The van der Waals surface area contributed by atoms with Crippen LogP contribution in [0.3, 0.4) is 0 Å². The molecule has 1 N–H and O–H groups in total. The number of benzene rings is 1. The number of nitrogens with zero attached hydrogens (tertiary/aromatic N) is 1. The van der Waals surface area contributed by atoms with Crippen LogP contribution in [0.2, 0.25) is 0 Å². The van der Waals surface area contributed by atoms with E-state index in [1.54, 1.807) is 16.7 Å². The molecule has 1 saturated heterocycles. The van der Waals surface area contributed by atoms with Crippen molar-refractivity contribution in [1.29, 1.82) is 0 Å². The molecule has 1 heterocycles. The molecule has 1 aromatic carbocycles. The second-order valence-corrected chi connectivity index (χ2v) is 5.90. The second kappa shape index (κ2) is 7.19. The van der Waals surface area contributed by atoms with Crippen LogP contribution in [0.25, 0.3) is 0 Å². The first kappa shape index (κ1) is 14.7. The highest BCUT2D eigenvalue weighted by Gasteiger charge is 2.25. The van der Waals surface area contributed by atoms with Gasteiger partial charge in [0.15, 0.2) is 0 Å². The summed E-state index contributed by atoms with van der Waals surface area (Å²) in [6.07, 6.45) is -0.568. The Balaban J connectivity index is 1.68. The van der Waals surface area contributed by atoms with Crippen molar-refractivity contribution in [2.45, 2.75) is 18.9 Å². The molecule has 1 aromatic rings. The third-order valence-electron chi connectivity index (χ3n) is 3.05. The highest BCUT2D eigenvalue weighted by Crippen LogP contribution is 2.22. The number of hydrogen-bond donors (Lipinski definition) is 1. The van der Waals surface area contributed by atoms with E-state index in [0.29, 0.717) is 0 Å². The van der Waals surface area contributed by atoms with Gasteiger partial charge in [-0.1, -0.05) is 30.3 Å². The number of amides is 2. The highest BCUT2D eigenvalue weighted by molar-refractivity contribution is 8.00. The average molecular weight is 294 g/mol. The van der Waals surface area contributed by atoms with Crippen LogP contribution in [0.1, 0.15) is 12.5 Å². The SMILES string of the molecule is CC1SCCN1C(=O)CNC(=O)OCc1ccccc1. The van der Waals surface area contributed by atoms with Crippen molar-refractivity contribution in [3.05, 3.63) is 35.9 Å². The molecule has 5 nitrogen and oxygen atoms in total. The normalized spacial score (nSPS) is 17.9. The van der Waals surface area contributed by atoms with Crippen LogP contribution in [0, 0.1) is 0 Å². The Morgan fingerprint density at radius 3 is 2.80 bits per heavy atom. The molecule has 0 spiro atoms. The maximum absolute atomic E-state index is 11.9. The van der Waals surface area contributed by atoms with Gasteiger partial charge in [0.1, 0.15) is 13.2 Å². The van der Waals surface area contributed by atoms with E-state index >= 15 is 0 Å². The van der Waals surface area contributed by atoms with Gasteiger partial charge < -0.3 is 15.0 Å². The predicted octanol–water partition coefficient (Wildman–Crippen LogP) is 1.83. The number of ether oxygens (including phenoxy) is 1. The summed E-state index contributed by atoms with van der Waals surface area (Å²) in [6, 6.07) is 9.42. The molecular weight excluding hydrogens is 276 g/mol. The van der Waals surface area contributed by atoms with E-state index < -0.39 is 6.09 Å². The summed E-state index contributed by atoms with van der Waals surface area (Å²) < 4.78 is 5.04. The number of thioether (sulfide) groups is 1. The molecule has 1 atom stereocenters. The fraction of sp³-hybridized carbons (Fsp3) is 0.429. The van der Waals surface area contributed by atoms with E-state index in [0.717, 1.165) is 17.9 Å². The topological polar surface area (TPSA) is 58.6 Å². The van der Waals surface area contributed by atoms with E-state index in [-0.39, 0.29) is 24.4 Å². The van der Waals surface area contributed by atoms with Gasteiger partial charge in [-0.25, -0.2) is 4.79 Å². The fourth-order valence-corrected chi connectivity index (χ4v) is 2.99. The molecule has 6 heteroatoms. The van der Waals surface area contributed by atoms with Gasteiger partial charge in [0.25, 0.3) is 0 Å². The first-order chi connectivity index (χ1) is 9.66. The Morgan fingerprint density at radius 1 is 1.40 bits per heavy atom. The molecule has 1 unspecified atom stereocenters. The minimum absolute atomic E-state index is 0.0154. The molecule has 1 fully saturated rings. The van der Waals surface area contributed by atoms with Crippen LogP contribution < -0.4 is 5.32 Å². The molecule has 2 rings (SSSR count). The number of carbonyl (C=O) groups is 2. The van der Waals surface area contributed by atoms with Gasteiger partial charge in [0.2, 0.25) is 5.91 Å². The molecule has 2 amide bonds. The fourth-order valence-electron chi connectivity index (χ4n) is 1.94. The number of rotatable bonds is 4. The molecular formula is C14H18N2O3S. The molecule has 0 aliphatic carbocycles. The monoisotopic (exact) mass is 294 g/mol. The summed E-state index contributed by atoms with van der Waals surface area (Å²) in [7, 11) is 0. The van der Waals surface area contributed by atoms with E-state index in [2.05, 4.69) is 5.32 Å². The summed E-state index contributed by atoms with van der Waals surface area (Å²) >= 11 is 1.74. The molecule has 1 aliphatic heterocycles. The zero-order valence-electron chi connectivity index (χ0n) is 11.4. The Hall–Kier alpha value is -1.69. The highest BCUT2D eigenvalue weighted by atomic mass is 32.2. The summed E-state index contributed by atoms with van der Waals surface area (Å²) in [6.45, 7) is 2.92. The molecule has 108 valence electrons. The van der Waals surface area contributed by atoms with Crippen molar-refractivity contribution in [2.75, 3.05) is 18.8 Å². The van der Waals surface area contributed by atoms with Crippen LogP contribution in [0.15, 0.2) is 30.3 Å². The lowest BCUT2D eigenvalue weighted by Crippen LogP contribution is -2.41. The zero-order valence-corrected chi connectivity index (χ0v) is 12.2. The van der Waals surface area contributed by atoms with E-state index in [4.69, 9.17) is 4.74 Å². The van der Waals surface area contributed by atoms with E-state index in [1.165, 1.54) is 0 Å². The maximum atomic E-state index is 11.9. The second-order valence-electron chi connectivity index (χ2n) is 4.47. The smallest absolute Gasteiger partial charge is 0.407 e. The van der Waals surface area contributed by atoms with Gasteiger partial charge in [-0.05, 0) is 12.5 Å². The maximum Gasteiger partial charge on any atom is 0.407 e. The van der Waals surface area contributed by atoms with Gasteiger partial charge in [-0.2, -0.15) is 0 Å². The van der Waals surface area contributed by atoms with Crippen LogP contribution in [-0.4, -0.2) is 41.1 Å². The first-order valence-electron chi connectivity index (χ1n) is 6.52. The van der Waals surface area contributed by atoms with Crippen LogP contribution in [0.4, 0.5) is 4.79 Å². The summed E-state index contributed by atoms with van der Waals surface area (Å²) in [5.41, 5.74) is 0.915. The van der Waals surface area contributed by atoms with Crippen molar-refractivity contribution >= 4 is 23.8 Å². The summed E-state index contributed by atoms with van der Waals surface area (Å²) in [5.74, 6) is 0.880. The van der Waals surface area contributed by atoms with Gasteiger partial charge in [-0.15, -0.1) is 11.8 Å². The van der Waals surface area contributed by atoms with Gasteiger partial charge >= 0.3 is 6.09 Å². The average Bonchev–Trinajstić information content (AvgIpc) is 2.90. The van der Waals surface area contributed by atoms with Crippen molar-refractivity contribution in [3.8, 4) is 0 Å². The lowest BCUT2D eigenvalue weighted by Gasteiger charge is -2.20. The van der Waals surface area contributed by atoms with E-state index in [9.17, 15) is 9.59 Å². The van der Waals surface area contributed by atoms with Crippen molar-refractivity contribution in [2.24, 2.45) is 0 Å². The lowest BCUT2D eigenvalue weighted by molar-refractivity contribution is -0.129. The zero-order chi connectivity index (χ0) is 14.4. The Bertz CT molecular complexity index is 467. The van der Waals surface area contributed by atoms with Crippen molar-refractivity contribution in [1.82, 2.24) is 10.2 Å². The predicted molar refractivity (Wildman–Crippen MR) is 78.3 cm³/mol. The minimum Gasteiger partial charge on any atom is -0.445 e. The minimum atomic E-state index is -0.568. The molecule has 0 saturated carbocycles. The Kier molecular flexibility index (Phi) is 5.29. The van der Waals surface area contributed by atoms with Crippen LogP contribution in [-0.2, 0) is 16.1 Å². The van der Waals surface area contributed by atoms with Gasteiger partial charge in [-0.3, -0.25) is 4.79 Å². The quantitative estimate of drug-likeness (QED) is 0.920. The number of nitrogens with one attached hydrogen (secondary N) is 1. The summed E-state index contributed by atoms with van der Waals surface area (Å²) in [5, 5.41) is 2.67. The molecule has 0 radical (unpaired) electrons. The lowest BCUT2D eigenvalue weighted by atomic mass is 10.2. The van der Waals surface area contributed by atoms with Crippen LogP contribution >= 0.6 is 11.8 Å². The third kappa shape index (κ3) is 4.16. The molecule has 0 aromatic heterocycles. The van der Waals surface area contributed by atoms with Gasteiger partial charge in [0, 0.05) is 12.3 Å². The first-order valence-corrected chi connectivity index (χ1v) is 7.57.